The van der Waals surface area contributed by atoms with Gasteiger partial charge in [-0.15, -0.1) is 0 Å². The SMILES string of the molecule is CCCCOCC(=O)N1CCc2ccc(C(=O)O)cc2C1. The molecule has 1 aromatic rings. The summed E-state index contributed by atoms with van der Waals surface area (Å²) < 4.78 is 5.35. The number of ether oxygens (including phenoxy) is 1. The summed E-state index contributed by atoms with van der Waals surface area (Å²) in [7, 11) is 0. The highest BCUT2D eigenvalue weighted by molar-refractivity contribution is 5.88. The van der Waals surface area contributed by atoms with Crippen LogP contribution in [0.15, 0.2) is 18.2 Å². The summed E-state index contributed by atoms with van der Waals surface area (Å²) >= 11 is 0. The molecule has 0 unspecified atom stereocenters. The molecule has 1 heterocycles. The van der Waals surface area contributed by atoms with E-state index in [0.29, 0.717) is 19.7 Å². The van der Waals surface area contributed by atoms with E-state index >= 15 is 0 Å². The topological polar surface area (TPSA) is 66.8 Å². The Bertz CT molecular complexity index is 527. The van der Waals surface area contributed by atoms with Crippen LogP contribution in [0, 0.1) is 0 Å². The van der Waals surface area contributed by atoms with Crippen LogP contribution in [0.3, 0.4) is 0 Å². The average molecular weight is 291 g/mol. The molecule has 0 aromatic heterocycles. The summed E-state index contributed by atoms with van der Waals surface area (Å²) in [6.45, 7) is 3.92. The van der Waals surface area contributed by atoms with Crippen LogP contribution in [-0.2, 0) is 22.5 Å². The number of rotatable bonds is 6. The first-order chi connectivity index (χ1) is 10.1. The number of hydrogen-bond donors (Lipinski definition) is 1. The second kappa shape index (κ2) is 7.22. The maximum Gasteiger partial charge on any atom is 0.335 e. The van der Waals surface area contributed by atoms with Crippen LogP contribution in [0.4, 0.5) is 0 Å². The minimum atomic E-state index is -0.941. The Labute approximate surface area is 124 Å². The molecule has 0 spiro atoms. The van der Waals surface area contributed by atoms with Crippen molar-refractivity contribution in [2.75, 3.05) is 19.8 Å². The lowest BCUT2D eigenvalue weighted by molar-refractivity contribution is -0.137. The van der Waals surface area contributed by atoms with Crippen molar-refractivity contribution < 1.29 is 19.4 Å². The zero-order chi connectivity index (χ0) is 15.2. The number of carbonyl (C=O) groups excluding carboxylic acids is 1. The van der Waals surface area contributed by atoms with E-state index in [1.54, 1.807) is 17.0 Å². The summed E-state index contributed by atoms with van der Waals surface area (Å²) in [5.74, 6) is -0.971. The van der Waals surface area contributed by atoms with E-state index in [-0.39, 0.29) is 18.1 Å². The Morgan fingerprint density at radius 3 is 2.86 bits per heavy atom. The molecular weight excluding hydrogens is 270 g/mol. The van der Waals surface area contributed by atoms with E-state index in [1.165, 1.54) is 0 Å². The van der Waals surface area contributed by atoms with Gasteiger partial charge in [-0.3, -0.25) is 4.79 Å². The van der Waals surface area contributed by atoms with Crippen molar-refractivity contribution in [2.45, 2.75) is 32.7 Å². The van der Waals surface area contributed by atoms with Gasteiger partial charge in [0.25, 0.3) is 0 Å². The molecular formula is C16H21NO4. The minimum absolute atomic E-state index is 0.0301. The number of carbonyl (C=O) groups is 2. The molecule has 0 atom stereocenters. The van der Waals surface area contributed by atoms with Crippen LogP contribution in [-0.4, -0.2) is 41.6 Å². The van der Waals surface area contributed by atoms with E-state index in [1.807, 2.05) is 6.07 Å². The fourth-order valence-corrected chi connectivity index (χ4v) is 2.40. The van der Waals surface area contributed by atoms with Crippen molar-refractivity contribution in [2.24, 2.45) is 0 Å². The first kappa shape index (κ1) is 15.5. The highest BCUT2D eigenvalue weighted by Gasteiger charge is 2.21. The molecule has 1 amide bonds. The largest absolute Gasteiger partial charge is 0.478 e. The standard InChI is InChI=1S/C16H21NO4/c1-2-3-8-21-11-15(18)17-7-6-12-4-5-13(16(19)20)9-14(12)10-17/h4-5,9H,2-3,6-8,10-11H2,1H3,(H,19,20). The van der Waals surface area contributed by atoms with Crippen LogP contribution in [0.1, 0.15) is 41.3 Å². The molecule has 1 aliphatic heterocycles. The third-order valence-corrected chi connectivity index (χ3v) is 3.69. The second-order valence-corrected chi connectivity index (χ2v) is 5.26. The van der Waals surface area contributed by atoms with Crippen molar-refractivity contribution >= 4 is 11.9 Å². The highest BCUT2D eigenvalue weighted by atomic mass is 16.5. The minimum Gasteiger partial charge on any atom is -0.478 e. The first-order valence-corrected chi connectivity index (χ1v) is 7.32. The Balaban J connectivity index is 1.96. The molecule has 1 N–H and O–H groups in total. The van der Waals surface area contributed by atoms with Crippen LogP contribution < -0.4 is 0 Å². The number of benzene rings is 1. The molecule has 0 radical (unpaired) electrons. The molecule has 0 saturated carbocycles. The van der Waals surface area contributed by atoms with Gasteiger partial charge in [0, 0.05) is 19.7 Å². The van der Waals surface area contributed by atoms with Crippen molar-refractivity contribution in [3.8, 4) is 0 Å². The van der Waals surface area contributed by atoms with E-state index < -0.39 is 5.97 Å². The Kier molecular flexibility index (Phi) is 5.33. The number of carboxylic acids is 1. The Hall–Kier alpha value is -1.88. The van der Waals surface area contributed by atoms with Gasteiger partial charge in [0.05, 0.1) is 5.56 Å². The van der Waals surface area contributed by atoms with Gasteiger partial charge in [0.1, 0.15) is 6.61 Å². The number of carboxylic acid groups (broad SMARTS) is 1. The zero-order valence-electron chi connectivity index (χ0n) is 12.3. The normalized spacial score (nSPS) is 13.9. The number of hydrogen-bond acceptors (Lipinski definition) is 3. The van der Waals surface area contributed by atoms with Gasteiger partial charge in [-0.25, -0.2) is 4.79 Å². The average Bonchev–Trinajstić information content (AvgIpc) is 2.50. The number of amides is 1. The molecule has 114 valence electrons. The molecule has 0 aliphatic carbocycles. The molecule has 21 heavy (non-hydrogen) atoms. The quantitative estimate of drug-likeness (QED) is 0.815. The van der Waals surface area contributed by atoms with Crippen LogP contribution in [0.25, 0.3) is 0 Å². The summed E-state index contributed by atoms with van der Waals surface area (Å²) in [4.78, 5) is 24.8. The summed E-state index contributed by atoms with van der Waals surface area (Å²) in [5, 5.41) is 9.03. The number of aromatic carboxylic acids is 1. The van der Waals surface area contributed by atoms with Gasteiger partial charge < -0.3 is 14.7 Å². The lowest BCUT2D eigenvalue weighted by Crippen LogP contribution is -2.38. The first-order valence-electron chi connectivity index (χ1n) is 7.32. The smallest absolute Gasteiger partial charge is 0.335 e. The van der Waals surface area contributed by atoms with Crippen LogP contribution in [0.2, 0.25) is 0 Å². The number of fused-ring (bicyclic) bond motifs is 1. The van der Waals surface area contributed by atoms with Gasteiger partial charge >= 0.3 is 5.97 Å². The fourth-order valence-electron chi connectivity index (χ4n) is 2.40. The molecule has 5 nitrogen and oxygen atoms in total. The van der Waals surface area contributed by atoms with Gasteiger partial charge in [-0.05, 0) is 36.1 Å². The summed E-state index contributed by atoms with van der Waals surface area (Å²) in [5.41, 5.74) is 2.31. The predicted molar refractivity (Wildman–Crippen MR) is 78.2 cm³/mol. The van der Waals surface area contributed by atoms with E-state index in [4.69, 9.17) is 9.84 Å². The monoisotopic (exact) mass is 291 g/mol. The molecule has 5 heteroatoms. The Morgan fingerprint density at radius 2 is 2.14 bits per heavy atom. The molecule has 0 saturated heterocycles. The molecule has 1 aliphatic rings. The van der Waals surface area contributed by atoms with E-state index in [9.17, 15) is 9.59 Å². The third-order valence-electron chi connectivity index (χ3n) is 3.69. The van der Waals surface area contributed by atoms with E-state index in [0.717, 1.165) is 30.4 Å². The summed E-state index contributed by atoms with van der Waals surface area (Å²) in [6, 6.07) is 5.12. The fraction of sp³-hybridized carbons (Fsp3) is 0.500. The van der Waals surface area contributed by atoms with Gasteiger partial charge in [-0.2, -0.15) is 0 Å². The van der Waals surface area contributed by atoms with Gasteiger partial charge in [-0.1, -0.05) is 19.4 Å². The van der Waals surface area contributed by atoms with E-state index in [2.05, 4.69) is 6.92 Å². The molecule has 1 aromatic carbocycles. The third kappa shape index (κ3) is 4.04. The van der Waals surface area contributed by atoms with Crippen molar-refractivity contribution in [1.29, 1.82) is 0 Å². The maximum absolute atomic E-state index is 12.1. The van der Waals surface area contributed by atoms with Crippen LogP contribution in [0.5, 0.6) is 0 Å². The number of nitrogens with zero attached hydrogens (tertiary/aromatic N) is 1. The van der Waals surface area contributed by atoms with Crippen molar-refractivity contribution in [1.82, 2.24) is 4.90 Å². The zero-order valence-corrected chi connectivity index (χ0v) is 12.3. The molecule has 2 rings (SSSR count). The Morgan fingerprint density at radius 1 is 1.33 bits per heavy atom. The highest BCUT2D eigenvalue weighted by Crippen LogP contribution is 2.20. The summed E-state index contributed by atoms with van der Waals surface area (Å²) in [6.07, 6.45) is 2.76. The van der Waals surface area contributed by atoms with Gasteiger partial charge in [0.2, 0.25) is 5.91 Å². The predicted octanol–water partition coefficient (Wildman–Crippen LogP) is 2.09. The lowest BCUT2D eigenvalue weighted by atomic mass is 9.97. The molecule has 0 fully saturated rings. The number of unbranched alkanes of at least 4 members (excludes halogenated alkanes) is 1. The van der Waals surface area contributed by atoms with Crippen molar-refractivity contribution in [3.05, 3.63) is 34.9 Å². The lowest BCUT2D eigenvalue weighted by Gasteiger charge is -2.29. The maximum atomic E-state index is 12.1. The van der Waals surface area contributed by atoms with Gasteiger partial charge in [0.15, 0.2) is 0 Å². The molecule has 0 bridgehead atoms. The second-order valence-electron chi connectivity index (χ2n) is 5.26. The van der Waals surface area contributed by atoms with Crippen molar-refractivity contribution in [3.63, 3.8) is 0 Å². The van der Waals surface area contributed by atoms with Crippen LogP contribution >= 0.6 is 0 Å².